The van der Waals surface area contributed by atoms with Gasteiger partial charge in [-0.2, -0.15) is 4.98 Å². The number of carbonyl (C=O) groups is 1. The van der Waals surface area contributed by atoms with Crippen molar-refractivity contribution in [1.29, 1.82) is 0 Å². The largest absolute Gasteiger partial charge is 0.459 e. The molecule has 1 saturated heterocycles. The lowest BCUT2D eigenvalue weighted by Crippen LogP contribution is -2.49. The van der Waals surface area contributed by atoms with E-state index in [1.807, 2.05) is 4.57 Å². The summed E-state index contributed by atoms with van der Waals surface area (Å²) in [5.74, 6) is 1.90. The molecule has 194 valence electrons. The van der Waals surface area contributed by atoms with Gasteiger partial charge in [0.1, 0.15) is 0 Å². The molecule has 1 amide bonds. The van der Waals surface area contributed by atoms with Gasteiger partial charge in [0.15, 0.2) is 16.9 Å². The molecule has 1 N–H and O–H groups in total. The molecule has 0 spiro atoms. The van der Waals surface area contributed by atoms with Gasteiger partial charge >= 0.3 is 5.69 Å². The van der Waals surface area contributed by atoms with Crippen LogP contribution in [0.5, 0.6) is 0 Å². The van der Waals surface area contributed by atoms with Gasteiger partial charge in [-0.15, -0.1) is 11.8 Å². The van der Waals surface area contributed by atoms with Gasteiger partial charge in [-0.05, 0) is 37.1 Å². The highest BCUT2D eigenvalue weighted by Crippen LogP contribution is 2.26. The van der Waals surface area contributed by atoms with E-state index in [-0.39, 0.29) is 11.8 Å². The number of anilines is 1. The predicted molar refractivity (Wildman–Crippen MR) is 143 cm³/mol. The van der Waals surface area contributed by atoms with Crippen LogP contribution in [-0.2, 0) is 13.6 Å². The molecule has 0 saturated carbocycles. The van der Waals surface area contributed by atoms with Crippen LogP contribution < -0.4 is 16.1 Å². The molecule has 1 unspecified atom stereocenters. The zero-order valence-corrected chi connectivity index (χ0v) is 22.0. The number of benzene rings is 1. The number of nitrogens with one attached hydrogen (secondary N) is 1. The molecule has 1 aliphatic rings. The van der Waals surface area contributed by atoms with Crippen LogP contribution in [0.15, 0.2) is 61.6 Å². The van der Waals surface area contributed by atoms with E-state index in [0.29, 0.717) is 55.6 Å². The molecule has 1 aliphatic heterocycles. The number of nitrogens with zero attached hydrogens (tertiary/aromatic N) is 5. The average Bonchev–Trinajstić information content (AvgIpc) is 3.56. The van der Waals surface area contributed by atoms with Crippen LogP contribution in [0.2, 0.25) is 0 Å². The molecular formula is C26H30N6O4S. The Hall–Kier alpha value is -3.73. The lowest BCUT2D eigenvalue weighted by molar-refractivity contribution is 0.0714. The van der Waals surface area contributed by atoms with Crippen LogP contribution in [0.1, 0.15) is 23.0 Å². The summed E-state index contributed by atoms with van der Waals surface area (Å²) in [6.07, 6.45) is 1.49. The minimum atomic E-state index is -0.495. The van der Waals surface area contributed by atoms with Gasteiger partial charge in [0, 0.05) is 50.4 Å². The second-order valence-electron chi connectivity index (χ2n) is 9.50. The monoisotopic (exact) mass is 522 g/mol. The molecule has 1 fully saturated rings. The van der Waals surface area contributed by atoms with Crippen molar-refractivity contribution >= 4 is 34.8 Å². The smallest absolute Gasteiger partial charge is 0.329 e. The fourth-order valence-electron chi connectivity index (χ4n) is 4.54. The highest BCUT2D eigenvalue weighted by Gasteiger charge is 2.28. The third-order valence-corrected chi connectivity index (χ3v) is 7.96. The SMILES string of the molecule is Cc1ccc(SCC(C)Cn2c(N3CCN(C(=O)c4ccco4)CC3)nc3c2c(=O)[nH]c(=O)n3C)cc1. The van der Waals surface area contributed by atoms with Crippen molar-refractivity contribution in [2.24, 2.45) is 13.0 Å². The molecule has 0 radical (unpaired) electrons. The third-order valence-electron chi connectivity index (χ3n) is 6.62. The number of imidazole rings is 1. The van der Waals surface area contributed by atoms with E-state index in [1.54, 1.807) is 35.8 Å². The maximum absolute atomic E-state index is 12.9. The summed E-state index contributed by atoms with van der Waals surface area (Å²) in [5, 5.41) is 0. The first-order valence-electron chi connectivity index (χ1n) is 12.3. The van der Waals surface area contributed by atoms with Crippen molar-refractivity contribution in [3.63, 3.8) is 0 Å². The van der Waals surface area contributed by atoms with Crippen molar-refractivity contribution in [3.8, 4) is 0 Å². The lowest BCUT2D eigenvalue weighted by Gasteiger charge is -2.35. The van der Waals surface area contributed by atoms with Crippen LogP contribution in [0, 0.1) is 12.8 Å². The quantitative estimate of drug-likeness (QED) is 0.372. The van der Waals surface area contributed by atoms with E-state index in [9.17, 15) is 14.4 Å². The predicted octanol–water partition coefficient (Wildman–Crippen LogP) is 2.72. The number of hydrogen-bond acceptors (Lipinski definition) is 7. The fourth-order valence-corrected chi connectivity index (χ4v) is 5.45. The van der Waals surface area contributed by atoms with E-state index >= 15 is 0 Å². The van der Waals surface area contributed by atoms with Gasteiger partial charge in [-0.25, -0.2) is 4.79 Å². The Morgan fingerprint density at radius 3 is 2.54 bits per heavy atom. The molecule has 0 aliphatic carbocycles. The Kier molecular flexibility index (Phi) is 6.96. The molecular weight excluding hydrogens is 492 g/mol. The molecule has 0 bridgehead atoms. The Balaban J connectivity index is 1.39. The number of furan rings is 1. The molecule has 37 heavy (non-hydrogen) atoms. The number of aryl methyl sites for hydroxylation is 2. The molecule has 11 heteroatoms. The second-order valence-corrected chi connectivity index (χ2v) is 10.6. The molecule has 4 aromatic rings. The van der Waals surface area contributed by atoms with Gasteiger partial charge < -0.3 is 18.8 Å². The first-order valence-corrected chi connectivity index (χ1v) is 13.3. The normalized spacial score (nSPS) is 14.9. The van der Waals surface area contributed by atoms with Crippen LogP contribution >= 0.6 is 11.8 Å². The number of aromatic amines is 1. The van der Waals surface area contributed by atoms with Gasteiger partial charge in [-0.3, -0.25) is 19.1 Å². The topological polar surface area (TPSA) is 109 Å². The van der Waals surface area contributed by atoms with Crippen molar-refractivity contribution < 1.29 is 9.21 Å². The average molecular weight is 523 g/mol. The first-order chi connectivity index (χ1) is 17.8. The van der Waals surface area contributed by atoms with Gasteiger partial charge in [0.2, 0.25) is 5.95 Å². The maximum Gasteiger partial charge on any atom is 0.329 e. The van der Waals surface area contributed by atoms with Crippen molar-refractivity contribution in [2.75, 3.05) is 36.8 Å². The third kappa shape index (κ3) is 5.08. The second kappa shape index (κ2) is 10.3. The summed E-state index contributed by atoms with van der Waals surface area (Å²) >= 11 is 1.78. The number of fused-ring (bicyclic) bond motifs is 1. The Morgan fingerprint density at radius 2 is 1.86 bits per heavy atom. The number of carbonyl (C=O) groups excluding carboxylic acids is 1. The fraction of sp³-hybridized carbons (Fsp3) is 0.385. The minimum Gasteiger partial charge on any atom is -0.459 e. The number of hydrogen-bond donors (Lipinski definition) is 1. The Labute approximate surface area is 217 Å². The van der Waals surface area contributed by atoms with Gasteiger partial charge in [-0.1, -0.05) is 24.6 Å². The summed E-state index contributed by atoms with van der Waals surface area (Å²) in [6.45, 7) is 6.88. The van der Waals surface area contributed by atoms with Gasteiger partial charge in [0.25, 0.3) is 11.5 Å². The van der Waals surface area contributed by atoms with E-state index in [2.05, 4.69) is 48.0 Å². The molecule has 5 rings (SSSR count). The Bertz CT molecular complexity index is 1510. The number of piperazine rings is 1. The number of rotatable bonds is 7. The van der Waals surface area contributed by atoms with Crippen LogP contribution in [0.3, 0.4) is 0 Å². The summed E-state index contributed by atoms with van der Waals surface area (Å²) in [5.41, 5.74) is 1.03. The van der Waals surface area contributed by atoms with Crippen LogP contribution in [-0.4, -0.2) is 61.8 Å². The van der Waals surface area contributed by atoms with E-state index < -0.39 is 11.2 Å². The van der Waals surface area contributed by atoms with E-state index in [1.165, 1.54) is 21.3 Å². The van der Waals surface area contributed by atoms with E-state index in [4.69, 9.17) is 9.40 Å². The zero-order chi connectivity index (χ0) is 26.1. The highest BCUT2D eigenvalue weighted by atomic mass is 32.2. The number of aromatic nitrogens is 4. The molecule has 4 heterocycles. The van der Waals surface area contributed by atoms with Crippen molar-refractivity contribution in [1.82, 2.24) is 24.0 Å². The summed E-state index contributed by atoms with van der Waals surface area (Å²) in [7, 11) is 1.61. The highest BCUT2D eigenvalue weighted by molar-refractivity contribution is 7.99. The molecule has 3 aromatic heterocycles. The summed E-state index contributed by atoms with van der Waals surface area (Å²) in [4.78, 5) is 50.1. The molecule has 1 atom stereocenters. The summed E-state index contributed by atoms with van der Waals surface area (Å²) in [6, 6.07) is 11.8. The standard InChI is InChI=1S/C26H30N6O4S/c1-17-6-8-19(9-7-17)37-16-18(2)15-32-21-22(29(3)26(35)28-23(21)33)27-25(32)31-12-10-30(11-13-31)24(34)20-5-4-14-36-20/h4-9,14,18H,10-13,15-16H2,1-3H3,(H,28,33,35). The lowest BCUT2D eigenvalue weighted by atomic mass is 10.2. The number of thioether (sulfide) groups is 1. The maximum atomic E-state index is 12.9. The van der Waals surface area contributed by atoms with Gasteiger partial charge in [0.05, 0.1) is 6.26 Å². The first kappa shape index (κ1) is 24.9. The van der Waals surface area contributed by atoms with Crippen LogP contribution in [0.4, 0.5) is 5.95 Å². The van der Waals surface area contributed by atoms with E-state index in [0.717, 1.165) is 5.75 Å². The number of H-pyrrole nitrogens is 1. The molecule has 1 aromatic carbocycles. The van der Waals surface area contributed by atoms with Crippen LogP contribution in [0.25, 0.3) is 11.2 Å². The summed E-state index contributed by atoms with van der Waals surface area (Å²) < 4.78 is 8.57. The van der Waals surface area contributed by atoms with Crippen molar-refractivity contribution in [2.45, 2.75) is 25.3 Å². The van der Waals surface area contributed by atoms with Crippen molar-refractivity contribution in [3.05, 3.63) is 74.8 Å². The Morgan fingerprint density at radius 1 is 1.14 bits per heavy atom. The molecule has 10 nitrogen and oxygen atoms in total. The number of amides is 1. The zero-order valence-electron chi connectivity index (χ0n) is 21.1. The minimum absolute atomic E-state index is 0.140.